The predicted octanol–water partition coefficient (Wildman–Crippen LogP) is 5.09. The van der Waals surface area contributed by atoms with Gasteiger partial charge in [-0.25, -0.2) is 9.97 Å². The maximum atomic E-state index is 6.02. The van der Waals surface area contributed by atoms with Crippen LogP contribution >= 0.6 is 27.5 Å². The third-order valence-corrected chi connectivity index (χ3v) is 4.31. The number of halogens is 2. The van der Waals surface area contributed by atoms with Crippen LogP contribution in [0.1, 0.15) is 12.5 Å². The van der Waals surface area contributed by atoms with Gasteiger partial charge in [-0.1, -0.05) is 45.7 Å². The van der Waals surface area contributed by atoms with Crippen molar-refractivity contribution in [1.29, 1.82) is 0 Å². The van der Waals surface area contributed by atoms with Crippen molar-refractivity contribution in [3.8, 4) is 0 Å². The largest absolute Gasteiger partial charge is 0.351 e. The molecule has 5 heteroatoms. The molecule has 1 unspecified atom stereocenters. The number of benzene rings is 2. The molecule has 0 spiro atoms. The molecule has 0 aliphatic carbocycles. The number of rotatable bonds is 4. The van der Waals surface area contributed by atoms with Crippen LogP contribution in [-0.2, 0) is 6.42 Å². The fourth-order valence-electron chi connectivity index (χ4n) is 2.38. The molecule has 0 fully saturated rings. The van der Waals surface area contributed by atoms with E-state index in [1.54, 1.807) is 0 Å². The zero-order chi connectivity index (χ0) is 15.5. The standard InChI is InChI=1S/C17H15BrClN3/c1-11(8-12-4-2-5-13(19)9-12)21-17-20-10-14-15(18)6-3-7-16(14)22-17/h2-7,9-11H,8H2,1H3,(H,20,21,22). The van der Waals surface area contributed by atoms with Gasteiger partial charge in [-0.15, -0.1) is 0 Å². The minimum atomic E-state index is 0.211. The van der Waals surface area contributed by atoms with Gasteiger partial charge in [0, 0.05) is 27.1 Å². The van der Waals surface area contributed by atoms with E-state index in [0.29, 0.717) is 5.95 Å². The maximum absolute atomic E-state index is 6.02. The van der Waals surface area contributed by atoms with Crippen LogP contribution in [0.15, 0.2) is 53.1 Å². The summed E-state index contributed by atoms with van der Waals surface area (Å²) in [6.45, 7) is 2.11. The highest BCUT2D eigenvalue weighted by atomic mass is 79.9. The molecule has 3 aromatic rings. The van der Waals surface area contributed by atoms with Crippen LogP contribution in [0.5, 0.6) is 0 Å². The Bertz CT molecular complexity index is 807. The molecule has 0 amide bonds. The molecule has 1 atom stereocenters. The number of fused-ring (bicyclic) bond motifs is 1. The van der Waals surface area contributed by atoms with Crippen LogP contribution in [0.25, 0.3) is 10.9 Å². The topological polar surface area (TPSA) is 37.8 Å². The highest BCUT2D eigenvalue weighted by molar-refractivity contribution is 9.10. The van der Waals surface area contributed by atoms with Crippen LogP contribution in [0, 0.1) is 0 Å². The molecule has 3 rings (SSSR count). The van der Waals surface area contributed by atoms with Crippen molar-refractivity contribution in [3.63, 3.8) is 0 Å². The van der Waals surface area contributed by atoms with Gasteiger partial charge in [0.25, 0.3) is 0 Å². The molecule has 3 nitrogen and oxygen atoms in total. The Hall–Kier alpha value is -1.65. The number of aromatic nitrogens is 2. The number of nitrogens with one attached hydrogen (secondary N) is 1. The number of hydrogen-bond acceptors (Lipinski definition) is 3. The minimum absolute atomic E-state index is 0.211. The Labute approximate surface area is 142 Å². The quantitative estimate of drug-likeness (QED) is 0.689. The Kier molecular flexibility index (Phi) is 4.60. The van der Waals surface area contributed by atoms with Crippen LogP contribution in [0.2, 0.25) is 5.02 Å². The minimum Gasteiger partial charge on any atom is -0.351 e. The number of hydrogen-bond donors (Lipinski definition) is 1. The fourth-order valence-corrected chi connectivity index (χ4v) is 3.05. The van der Waals surface area contributed by atoms with E-state index < -0.39 is 0 Å². The van der Waals surface area contributed by atoms with Gasteiger partial charge in [-0.2, -0.15) is 0 Å². The van der Waals surface area contributed by atoms with E-state index in [9.17, 15) is 0 Å². The molecular weight excluding hydrogens is 362 g/mol. The summed E-state index contributed by atoms with van der Waals surface area (Å²) in [5.41, 5.74) is 2.11. The van der Waals surface area contributed by atoms with Gasteiger partial charge >= 0.3 is 0 Å². The highest BCUT2D eigenvalue weighted by Gasteiger charge is 2.07. The lowest BCUT2D eigenvalue weighted by Crippen LogP contribution is -2.19. The van der Waals surface area contributed by atoms with Crippen LogP contribution in [0.4, 0.5) is 5.95 Å². The second-order valence-corrected chi connectivity index (χ2v) is 6.54. The van der Waals surface area contributed by atoms with Crippen molar-refractivity contribution in [3.05, 3.63) is 63.7 Å². The molecule has 1 heterocycles. The van der Waals surface area contributed by atoms with Gasteiger partial charge in [0.1, 0.15) is 0 Å². The molecule has 22 heavy (non-hydrogen) atoms. The van der Waals surface area contributed by atoms with E-state index in [0.717, 1.165) is 26.8 Å². The summed E-state index contributed by atoms with van der Waals surface area (Å²) in [6, 6.07) is 14.1. The third-order valence-electron chi connectivity index (χ3n) is 3.38. The summed E-state index contributed by atoms with van der Waals surface area (Å²) in [5, 5.41) is 5.11. The first-order chi connectivity index (χ1) is 10.6. The van der Waals surface area contributed by atoms with Gasteiger partial charge in [0.15, 0.2) is 0 Å². The van der Waals surface area contributed by atoms with Crippen molar-refractivity contribution in [1.82, 2.24) is 9.97 Å². The van der Waals surface area contributed by atoms with Crippen molar-refractivity contribution < 1.29 is 0 Å². The Morgan fingerprint density at radius 2 is 2.05 bits per heavy atom. The molecule has 0 aliphatic heterocycles. The SMILES string of the molecule is CC(Cc1cccc(Cl)c1)Nc1ncc2c(Br)cccc2n1. The number of nitrogens with zero attached hydrogens (tertiary/aromatic N) is 2. The monoisotopic (exact) mass is 375 g/mol. The van der Waals surface area contributed by atoms with E-state index in [4.69, 9.17) is 11.6 Å². The molecule has 0 aliphatic rings. The molecule has 112 valence electrons. The third kappa shape index (κ3) is 3.57. The van der Waals surface area contributed by atoms with Crippen molar-refractivity contribution in [2.75, 3.05) is 5.32 Å². The average molecular weight is 377 g/mol. The summed E-state index contributed by atoms with van der Waals surface area (Å²) in [7, 11) is 0. The van der Waals surface area contributed by atoms with Crippen LogP contribution in [-0.4, -0.2) is 16.0 Å². The zero-order valence-corrected chi connectivity index (χ0v) is 14.4. The van der Waals surface area contributed by atoms with E-state index in [-0.39, 0.29) is 6.04 Å². The first kappa shape index (κ1) is 15.3. The summed E-state index contributed by atoms with van der Waals surface area (Å²) < 4.78 is 1.00. The van der Waals surface area contributed by atoms with E-state index >= 15 is 0 Å². The molecule has 1 aromatic heterocycles. The molecule has 0 bridgehead atoms. The fraction of sp³-hybridized carbons (Fsp3) is 0.176. The van der Waals surface area contributed by atoms with Crippen molar-refractivity contribution in [2.24, 2.45) is 0 Å². The molecule has 0 radical (unpaired) electrons. The van der Waals surface area contributed by atoms with Gasteiger partial charge < -0.3 is 5.32 Å². The van der Waals surface area contributed by atoms with E-state index in [1.807, 2.05) is 42.6 Å². The zero-order valence-electron chi connectivity index (χ0n) is 12.1. The lowest BCUT2D eigenvalue weighted by Gasteiger charge is -2.14. The van der Waals surface area contributed by atoms with Crippen molar-refractivity contribution in [2.45, 2.75) is 19.4 Å². The predicted molar refractivity (Wildman–Crippen MR) is 95.5 cm³/mol. The van der Waals surface area contributed by atoms with Crippen LogP contribution < -0.4 is 5.32 Å². The highest BCUT2D eigenvalue weighted by Crippen LogP contribution is 2.22. The normalized spacial score (nSPS) is 12.3. The molecular formula is C17H15BrClN3. The summed E-state index contributed by atoms with van der Waals surface area (Å²) in [5.74, 6) is 0.639. The Morgan fingerprint density at radius 3 is 2.86 bits per heavy atom. The van der Waals surface area contributed by atoms with Gasteiger partial charge in [0.2, 0.25) is 5.95 Å². The molecule has 0 saturated heterocycles. The number of anilines is 1. The lowest BCUT2D eigenvalue weighted by molar-refractivity contribution is 0.778. The summed E-state index contributed by atoms with van der Waals surface area (Å²) >= 11 is 9.53. The van der Waals surface area contributed by atoms with E-state index in [1.165, 1.54) is 5.56 Å². The van der Waals surface area contributed by atoms with Crippen LogP contribution in [0.3, 0.4) is 0 Å². The molecule has 0 saturated carbocycles. The van der Waals surface area contributed by atoms with Crippen molar-refractivity contribution >= 4 is 44.4 Å². The molecule has 1 N–H and O–H groups in total. The maximum Gasteiger partial charge on any atom is 0.223 e. The first-order valence-electron chi connectivity index (χ1n) is 7.04. The lowest BCUT2D eigenvalue weighted by atomic mass is 10.1. The molecule has 2 aromatic carbocycles. The van der Waals surface area contributed by atoms with Gasteiger partial charge in [-0.05, 0) is 43.2 Å². The Balaban J connectivity index is 1.75. The van der Waals surface area contributed by atoms with Gasteiger partial charge in [-0.3, -0.25) is 0 Å². The Morgan fingerprint density at radius 1 is 1.23 bits per heavy atom. The summed E-state index contributed by atoms with van der Waals surface area (Å²) in [4.78, 5) is 8.95. The average Bonchev–Trinajstić information content (AvgIpc) is 2.47. The van der Waals surface area contributed by atoms with Gasteiger partial charge in [0.05, 0.1) is 5.52 Å². The first-order valence-corrected chi connectivity index (χ1v) is 8.21. The summed E-state index contributed by atoms with van der Waals surface area (Å²) in [6.07, 6.45) is 2.70. The smallest absolute Gasteiger partial charge is 0.223 e. The van der Waals surface area contributed by atoms with E-state index in [2.05, 4.69) is 44.2 Å². The second-order valence-electron chi connectivity index (χ2n) is 5.25. The second kappa shape index (κ2) is 6.63.